The Bertz CT molecular complexity index is 474. The molecule has 0 saturated heterocycles. The van der Waals surface area contributed by atoms with Gasteiger partial charge in [-0.15, -0.1) is 0 Å². The maximum atomic E-state index is 5.93. The first-order valence-electron chi connectivity index (χ1n) is 5.31. The first-order valence-corrected chi connectivity index (χ1v) is 5.31. The number of hydrogen-bond donors (Lipinski definition) is 2. The molecule has 2 heterocycles. The lowest BCUT2D eigenvalue weighted by Crippen LogP contribution is -2.16. The quantitative estimate of drug-likeness (QED) is 0.752. The maximum Gasteiger partial charge on any atom is 0.135 e. The highest BCUT2D eigenvalue weighted by Crippen LogP contribution is 2.32. The van der Waals surface area contributed by atoms with Gasteiger partial charge in [-0.1, -0.05) is 13.0 Å². The van der Waals surface area contributed by atoms with Crippen LogP contribution in [0.25, 0.3) is 11.8 Å². The Morgan fingerprint density at radius 1 is 1.44 bits per heavy atom. The molecule has 0 unspecified atom stereocenters. The predicted octanol–water partition coefficient (Wildman–Crippen LogP) is 1.91. The first kappa shape index (κ1) is 10.5. The Kier molecular flexibility index (Phi) is 2.56. The summed E-state index contributed by atoms with van der Waals surface area (Å²) in [7, 11) is 2.00. The second-order valence-electron chi connectivity index (χ2n) is 3.82. The van der Waals surface area contributed by atoms with Crippen molar-refractivity contribution >= 4 is 23.4 Å². The molecular weight excluding hydrogens is 200 g/mol. The zero-order valence-electron chi connectivity index (χ0n) is 9.57. The number of fused-ring (bicyclic) bond motifs is 1. The normalized spacial score (nSPS) is 16.6. The average Bonchev–Trinajstić information content (AvgIpc) is 2.22. The van der Waals surface area contributed by atoms with Gasteiger partial charge in [0.1, 0.15) is 11.6 Å². The van der Waals surface area contributed by atoms with Crippen molar-refractivity contribution in [1.82, 2.24) is 9.88 Å². The Hall–Kier alpha value is -1.97. The number of aromatic nitrogens is 1. The number of pyridine rings is 1. The summed E-state index contributed by atoms with van der Waals surface area (Å²) in [5, 5.41) is 0. The highest BCUT2D eigenvalue weighted by Gasteiger charge is 2.18. The number of hydrogen-bond acceptors (Lipinski definition) is 4. The van der Waals surface area contributed by atoms with E-state index in [0.717, 1.165) is 23.2 Å². The molecule has 16 heavy (non-hydrogen) atoms. The lowest BCUT2D eigenvalue weighted by molar-refractivity contribution is 0.651. The van der Waals surface area contributed by atoms with E-state index < -0.39 is 0 Å². The monoisotopic (exact) mass is 216 g/mol. The summed E-state index contributed by atoms with van der Waals surface area (Å²) in [4.78, 5) is 6.15. The second-order valence-corrected chi connectivity index (χ2v) is 3.82. The molecule has 0 aliphatic carbocycles. The van der Waals surface area contributed by atoms with Crippen LogP contribution in [0.3, 0.4) is 0 Å². The molecule has 0 atom stereocenters. The zero-order valence-corrected chi connectivity index (χ0v) is 9.57. The molecule has 1 aliphatic rings. The molecule has 0 amide bonds. The largest absolute Gasteiger partial charge is 0.384 e. The molecule has 0 bridgehead atoms. The fourth-order valence-electron chi connectivity index (χ4n) is 1.91. The van der Waals surface area contributed by atoms with E-state index in [-0.39, 0.29) is 0 Å². The smallest absolute Gasteiger partial charge is 0.135 e. The van der Waals surface area contributed by atoms with E-state index in [1.807, 2.05) is 30.3 Å². The van der Waals surface area contributed by atoms with Gasteiger partial charge in [-0.05, 0) is 24.1 Å². The van der Waals surface area contributed by atoms with Crippen LogP contribution in [-0.2, 0) is 0 Å². The standard InChI is InChI=1S/C12H16N4/c1-3-4-9-11-8(5-6-16(9)2)7-10(13)15-12(11)14/h4-7H,3H2,1-2H3,(H4,13,14,15)/b9-4+. The van der Waals surface area contributed by atoms with Gasteiger partial charge >= 0.3 is 0 Å². The molecule has 1 aliphatic heterocycles. The molecule has 0 saturated carbocycles. The second kappa shape index (κ2) is 3.89. The Morgan fingerprint density at radius 2 is 2.19 bits per heavy atom. The van der Waals surface area contributed by atoms with Gasteiger partial charge in [0.25, 0.3) is 0 Å². The van der Waals surface area contributed by atoms with Gasteiger partial charge < -0.3 is 16.4 Å². The number of allylic oxidation sites excluding steroid dienone is 1. The van der Waals surface area contributed by atoms with Crippen LogP contribution in [0.1, 0.15) is 24.5 Å². The van der Waals surface area contributed by atoms with Crippen molar-refractivity contribution in [2.24, 2.45) is 0 Å². The van der Waals surface area contributed by atoms with Crippen molar-refractivity contribution in [2.75, 3.05) is 18.5 Å². The van der Waals surface area contributed by atoms with Crippen LogP contribution in [0.4, 0.5) is 11.6 Å². The van der Waals surface area contributed by atoms with Crippen LogP contribution >= 0.6 is 0 Å². The predicted molar refractivity (Wildman–Crippen MR) is 68.1 cm³/mol. The molecule has 4 N–H and O–H groups in total. The van der Waals surface area contributed by atoms with Crippen LogP contribution in [0.5, 0.6) is 0 Å². The number of rotatable bonds is 1. The third-order valence-corrected chi connectivity index (χ3v) is 2.61. The van der Waals surface area contributed by atoms with Gasteiger partial charge in [0, 0.05) is 24.5 Å². The number of anilines is 2. The van der Waals surface area contributed by atoms with Crippen molar-refractivity contribution in [1.29, 1.82) is 0 Å². The van der Waals surface area contributed by atoms with Crippen molar-refractivity contribution in [2.45, 2.75) is 13.3 Å². The first-order chi connectivity index (χ1) is 7.63. The molecule has 1 aromatic heterocycles. The minimum absolute atomic E-state index is 0.460. The summed E-state index contributed by atoms with van der Waals surface area (Å²) in [6.07, 6.45) is 7.09. The number of nitrogens with two attached hydrogens (primary N) is 2. The molecule has 0 aromatic carbocycles. The SMILES string of the molecule is CC/C=C1\c2c(cc(N)nc2N)C=CN1C. The van der Waals surface area contributed by atoms with Crippen LogP contribution in [-0.4, -0.2) is 16.9 Å². The summed E-state index contributed by atoms with van der Waals surface area (Å²) in [6, 6.07) is 1.85. The van der Waals surface area contributed by atoms with E-state index in [4.69, 9.17) is 11.5 Å². The van der Waals surface area contributed by atoms with Crippen LogP contribution < -0.4 is 11.5 Å². The van der Waals surface area contributed by atoms with Gasteiger partial charge in [-0.2, -0.15) is 0 Å². The fraction of sp³-hybridized carbons (Fsp3) is 0.250. The van der Waals surface area contributed by atoms with E-state index in [9.17, 15) is 0 Å². The summed E-state index contributed by atoms with van der Waals surface area (Å²) < 4.78 is 0. The van der Waals surface area contributed by atoms with Gasteiger partial charge in [-0.3, -0.25) is 0 Å². The van der Waals surface area contributed by atoms with Crippen molar-refractivity contribution in [3.63, 3.8) is 0 Å². The number of nitrogen functional groups attached to an aromatic ring is 2. The van der Waals surface area contributed by atoms with E-state index >= 15 is 0 Å². The minimum Gasteiger partial charge on any atom is -0.384 e. The zero-order chi connectivity index (χ0) is 11.7. The summed E-state index contributed by atoms with van der Waals surface area (Å²) in [5.74, 6) is 0.951. The van der Waals surface area contributed by atoms with E-state index in [0.29, 0.717) is 11.6 Å². The van der Waals surface area contributed by atoms with Gasteiger partial charge in [0.05, 0.1) is 0 Å². The Morgan fingerprint density at radius 3 is 2.88 bits per heavy atom. The lowest BCUT2D eigenvalue weighted by Gasteiger charge is -2.25. The Balaban J connectivity index is 2.65. The van der Waals surface area contributed by atoms with Gasteiger partial charge in [-0.25, -0.2) is 4.98 Å². The van der Waals surface area contributed by atoms with E-state index in [1.54, 1.807) is 0 Å². The highest BCUT2D eigenvalue weighted by atomic mass is 15.1. The molecule has 1 aromatic rings. The summed E-state index contributed by atoms with van der Waals surface area (Å²) >= 11 is 0. The van der Waals surface area contributed by atoms with E-state index in [1.165, 1.54) is 0 Å². The topological polar surface area (TPSA) is 68.2 Å². The molecular formula is C12H16N4. The van der Waals surface area contributed by atoms with Crippen LogP contribution in [0.2, 0.25) is 0 Å². The third-order valence-electron chi connectivity index (χ3n) is 2.61. The average molecular weight is 216 g/mol. The van der Waals surface area contributed by atoms with Gasteiger partial charge in [0.2, 0.25) is 0 Å². The van der Waals surface area contributed by atoms with Crippen LogP contribution in [0.15, 0.2) is 18.3 Å². The summed E-state index contributed by atoms with van der Waals surface area (Å²) in [6.45, 7) is 2.10. The van der Waals surface area contributed by atoms with Crippen molar-refractivity contribution in [3.8, 4) is 0 Å². The highest BCUT2D eigenvalue weighted by molar-refractivity contribution is 5.84. The Labute approximate surface area is 95.3 Å². The molecule has 4 nitrogen and oxygen atoms in total. The van der Waals surface area contributed by atoms with Crippen molar-refractivity contribution in [3.05, 3.63) is 29.5 Å². The molecule has 0 radical (unpaired) electrons. The molecule has 4 heteroatoms. The minimum atomic E-state index is 0.460. The fourth-order valence-corrected chi connectivity index (χ4v) is 1.91. The molecule has 2 rings (SSSR count). The molecule has 0 fully saturated rings. The third kappa shape index (κ3) is 1.62. The van der Waals surface area contributed by atoms with Gasteiger partial charge in [0.15, 0.2) is 0 Å². The van der Waals surface area contributed by atoms with Crippen molar-refractivity contribution < 1.29 is 0 Å². The van der Waals surface area contributed by atoms with Crippen LogP contribution in [0, 0.1) is 0 Å². The maximum absolute atomic E-state index is 5.93. The summed E-state index contributed by atoms with van der Waals surface area (Å²) in [5.41, 5.74) is 14.7. The number of nitrogens with zero attached hydrogens (tertiary/aromatic N) is 2. The molecule has 0 spiro atoms. The van der Waals surface area contributed by atoms with E-state index in [2.05, 4.69) is 18.0 Å². The molecule has 84 valence electrons. The lowest BCUT2D eigenvalue weighted by atomic mass is 10.0.